The molecule has 0 bridgehead atoms. The Bertz CT molecular complexity index is 1300. The Kier molecular flexibility index (Phi) is 5.63. The van der Waals surface area contributed by atoms with Crippen molar-refractivity contribution in [1.29, 1.82) is 0 Å². The Morgan fingerprint density at radius 1 is 0.969 bits per heavy atom. The first-order valence-corrected chi connectivity index (χ1v) is 11.2. The maximum absolute atomic E-state index is 13.4. The van der Waals surface area contributed by atoms with Crippen LogP contribution in [0.4, 0.5) is 0 Å². The number of fused-ring (bicyclic) bond motifs is 1. The number of ether oxygens (including phenoxy) is 2. The first-order chi connectivity index (χ1) is 15.3. The SMILES string of the molecule is COC(=O)C1=C(O)c2ccc(Oc3ccccc3)cc2CN1S(=O)(=O)c1ccc(C)cc1. The second kappa shape index (κ2) is 8.39. The molecule has 3 aromatic carbocycles. The molecule has 0 atom stereocenters. The molecular weight excluding hydrogens is 430 g/mol. The largest absolute Gasteiger partial charge is 0.505 e. The summed E-state index contributed by atoms with van der Waals surface area (Å²) in [5.74, 6) is -0.340. The Labute approximate surface area is 186 Å². The van der Waals surface area contributed by atoms with Gasteiger partial charge in [-0.1, -0.05) is 35.9 Å². The van der Waals surface area contributed by atoms with Gasteiger partial charge in [-0.25, -0.2) is 13.2 Å². The van der Waals surface area contributed by atoms with Gasteiger partial charge in [0, 0.05) is 5.56 Å². The zero-order chi connectivity index (χ0) is 22.9. The Morgan fingerprint density at radius 2 is 1.66 bits per heavy atom. The maximum Gasteiger partial charge on any atom is 0.359 e. The molecule has 4 rings (SSSR count). The molecule has 3 aromatic rings. The molecule has 0 saturated heterocycles. The fraction of sp³-hybridized carbons (Fsp3) is 0.125. The minimum atomic E-state index is -4.16. The van der Waals surface area contributed by atoms with Gasteiger partial charge in [0.05, 0.1) is 18.6 Å². The number of nitrogens with zero attached hydrogens (tertiary/aromatic N) is 1. The summed E-state index contributed by atoms with van der Waals surface area (Å²) in [6, 6.07) is 20.2. The van der Waals surface area contributed by atoms with E-state index >= 15 is 0 Å². The summed E-state index contributed by atoms with van der Waals surface area (Å²) in [4.78, 5) is 12.5. The third-order valence-electron chi connectivity index (χ3n) is 5.09. The Hall–Kier alpha value is -3.78. The molecule has 32 heavy (non-hydrogen) atoms. The van der Waals surface area contributed by atoms with Crippen molar-refractivity contribution in [3.05, 3.63) is 95.2 Å². The highest BCUT2D eigenvalue weighted by Gasteiger charge is 2.38. The van der Waals surface area contributed by atoms with Crippen LogP contribution in [0.2, 0.25) is 0 Å². The first-order valence-electron chi connectivity index (χ1n) is 9.78. The maximum atomic E-state index is 13.4. The van der Waals surface area contributed by atoms with Crippen LogP contribution in [-0.4, -0.2) is 30.9 Å². The van der Waals surface area contributed by atoms with Crippen molar-refractivity contribution in [2.24, 2.45) is 0 Å². The lowest BCUT2D eigenvalue weighted by Crippen LogP contribution is -2.37. The molecule has 1 aliphatic heterocycles. The smallest absolute Gasteiger partial charge is 0.359 e. The molecule has 1 N–H and O–H groups in total. The van der Waals surface area contributed by atoms with Gasteiger partial charge in [0.2, 0.25) is 0 Å². The average molecular weight is 452 g/mol. The second-order valence-corrected chi connectivity index (χ2v) is 9.11. The van der Waals surface area contributed by atoms with Crippen LogP contribution in [0.3, 0.4) is 0 Å². The van der Waals surface area contributed by atoms with Gasteiger partial charge in [-0.2, -0.15) is 0 Å². The van der Waals surface area contributed by atoms with Crippen molar-refractivity contribution in [2.75, 3.05) is 7.11 Å². The monoisotopic (exact) mass is 451 g/mol. The van der Waals surface area contributed by atoms with Crippen LogP contribution in [0.1, 0.15) is 16.7 Å². The third-order valence-corrected chi connectivity index (χ3v) is 6.85. The van der Waals surface area contributed by atoms with E-state index < -0.39 is 27.4 Å². The Balaban J connectivity index is 1.80. The van der Waals surface area contributed by atoms with Gasteiger partial charge in [-0.15, -0.1) is 0 Å². The number of aliphatic hydroxyl groups is 1. The minimum absolute atomic E-state index is 0.00237. The molecule has 0 unspecified atom stereocenters. The molecular formula is C24H21NO6S. The number of rotatable bonds is 5. The van der Waals surface area contributed by atoms with Gasteiger partial charge >= 0.3 is 5.97 Å². The van der Waals surface area contributed by atoms with Crippen LogP contribution in [0.15, 0.2) is 83.4 Å². The molecule has 7 nitrogen and oxygen atoms in total. The number of benzene rings is 3. The van der Waals surface area contributed by atoms with Crippen molar-refractivity contribution in [3.63, 3.8) is 0 Å². The summed E-state index contributed by atoms with van der Waals surface area (Å²) >= 11 is 0. The van der Waals surface area contributed by atoms with Crippen LogP contribution in [0, 0.1) is 6.92 Å². The lowest BCUT2D eigenvalue weighted by Gasteiger charge is -2.31. The minimum Gasteiger partial charge on any atom is -0.505 e. The highest BCUT2D eigenvalue weighted by Crippen LogP contribution is 2.37. The topological polar surface area (TPSA) is 93.1 Å². The fourth-order valence-electron chi connectivity index (χ4n) is 3.44. The van der Waals surface area contributed by atoms with Gasteiger partial charge < -0.3 is 14.6 Å². The van der Waals surface area contributed by atoms with E-state index in [-0.39, 0.29) is 11.4 Å². The number of aliphatic hydroxyl groups excluding tert-OH is 1. The van der Waals surface area contributed by atoms with E-state index in [9.17, 15) is 18.3 Å². The van der Waals surface area contributed by atoms with Gasteiger partial charge in [0.1, 0.15) is 11.5 Å². The zero-order valence-corrected chi connectivity index (χ0v) is 18.3. The zero-order valence-electron chi connectivity index (χ0n) is 17.5. The van der Waals surface area contributed by atoms with E-state index in [1.807, 2.05) is 25.1 Å². The fourth-order valence-corrected chi connectivity index (χ4v) is 4.88. The van der Waals surface area contributed by atoms with E-state index in [1.165, 1.54) is 12.1 Å². The first kappa shape index (κ1) is 21.5. The van der Waals surface area contributed by atoms with Gasteiger partial charge in [0.15, 0.2) is 11.5 Å². The van der Waals surface area contributed by atoms with Gasteiger partial charge in [-0.05, 0) is 55.0 Å². The van der Waals surface area contributed by atoms with Gasteiger partial charge in [0.25, 0.3) is 10.0 Å². The predicted molar refractivity (Wildman–Crippen MR) is 118 cm³/mol. The van der Waals surface area contributed by atoms with Crippen molar-refractivity contribution in [1.82, 2.24) is 4.31 Å². The van der Waals surface area contributed by atoms with E-state index in [1.54, 1.807) is 42.5 Å². The summed E-state index contributed by atoms with van der Waals surface area (Å²) in [6.45, 7) is 1.67. The van der Waals surface area contributed by atoms with Crippen LogP contribution in [0.5, 0.6) is 11.5 Å². The number of aryl methyl sites for hydroxylation is 1. The highest BCUT2D eigenvalue weighted by molar-refractivity contribution is 7.89. The van der Waals surface area contributed by atoms with E-state index in [2.05, 4.69) is 0 Å². The summed E-state index contributed by atoms with van der Waals surface area (Å²) in [5, 5.41) is 10.9. The third kappa shape index (κ3) is 3.92. The molecule has 0 amide bonds. The molecule has 0 aliphatic carbocycles. The molecule has 0 saturated carbocycles. The standard InChI is InChI=1S/C24H21NO6S/c1-16-8-11-20(12-9-16)32(28,29)25-15-17-14-19(31-18-6-4-3-5-7-18)10-13-21(17)23(26)22(25)24(27)30-2/h3-14,26H,15H2,1-2H3. The average Bonchev–Trinajstić information content (AvgIpc) is 2.79. The van der Waals surface area contributed by atoms with Crippen molar-refractivity contribution in [3.8, 4) is 11.5 Å². The molecule has 8 heteroatoms. The van der Waals surface area contributed by atoms with Crippen LogP contribution in [0.25, 0.3) is 5.76 Å². The lowest BCUT2D eigenvalue weighted by atomic mass is 10.0. The molecule has 0 radical (unpaired) electrons. The summed E-state index contributed by atoms with van der Waals surface area (Å²) in [7, 11) is -3.03. The second-order valence-electron chi connectivity index (χ2n) is 7.25. The van der Waals surface area contributed by atoms with Crippen LogP contribution >= 0.6 is 0 Å². The van der Waals surface area contributed by atoms with E-state index in [0.29, 0.717) is 22.6 Å². The molecule has 0 fully saturated rings. The summed E-state index contributed by atoms with van der Waals surface area (Å²) in [5.41, 5.74) is 1.28. The van der Waals surface area contributed by atoms with E-state index in [0.717, 1.165) is 17.0 Å². The summed E-state index contributed by atoms with van der Waals surface area (Å²) in [6.07, 6.45) is 0. The quantitative estimate of drug-likeness (QED) is 0.579. The molecule has 0 spiro atoms. The Morgan fingerprint density at radius 3 is 2.31 bits per heavy atom. The van der Waals surface area contributed by atoms with Crippen LogP contribution in [-0.2, 0) is 26.1 Å². The molecule has 1 aliphatic rings. The number of hydrogen-bond acceptors (Lipinski definition) is 6. The number of methoxy groups -OCH3 is 1. The molecule has 164 valence electrons. The number of esters is 1. The number of sulfonamides is 1. The number of para-hydroxylation sites is 1. The number of carbonyl (C=O) groups excluding carboxylic acids is 1. The van der Waals surface area contributed by atoms with Crippen molar-refractivity contribution >= 4 is 21.8 Å². The number of carbonyl (C=O) groups is 1. The lowest BCUT2D eigenvalue weighted by molar-refractivity contribution is -0.137. The molecule has 1 heterocycles. The van der Waals surface area contributed by atoms with Crippen LogP contribution < -0.4 is 4.74 Å². The summed E-state index contributed by atoms with van der Waals surface area (Å²) < 4.78 is 38.3. The van der Waals surface area contributed by atoms with Crippen molar-refractivity contribution < 1.29 is 27.8 Å². The van der Waals surface area contributed by atoms with E-state index in [4.69, 9.17) is 9.47 Å². The molecule has 0 aromatic heterocycles. The highest BCUT2D eigenvalue weighted by atomic mass is 32.2. The van der Waals surface area contributed by atoms with Crippen molar-refractivity contribution in [2.45, 2.75) is 18.4 Å². The normalized spacial score (nSPS) is 13.5. The number of hydrogen-bond donors (Lipinski definition) is 1. The predicted octanol–water partition coefficient (Wildman–Crippen LogP) is 4.39. The van der Waals surface area contributed by atoms with Gasteiger partial charge in [-0.3, -0.25) is 4.31 Å².